The van der Waals surface area contributed by atoms with Crippen molar-refractivity contribution < 1.29 is 9.53 Å². The van der Waals surface area contributed by atoms with Gasteiger partial charge in [-0.15, -0.1) is 18.3 Å². The van der Waals surface area contributed by atoms with Crippen molar-refractivity contribution in [2.45, 2.75) is 4.90 Å². The Bertz CT molecular complexity index is 682. The van der Waals surface area contributed by atoms with Crippen LogP contribution in [0.1, 0.15) is 10.4 Å². The molecule has 3 rings (SSSR count). The minimum atomic E-state index is -0.147. The number of benzene rings is 2. The Labute approximate surface area is 121 Å². The van der Waals surface area contributed by atoms with Gasteiger partial charge < -0.3 is 10.1 Å². The Hall–Kier alpha value is -2.20. The van der Waals surface area contributed by atoms with Crippen LogP contribution in [0.25, 0.3) is 0 Å². The maximum Gasteiger partial charge on any atom is 0.259 e. The van der Waals surface area contributed by atoms with Crippen molar-refractivity contribution in [1.82, 2.24) is 0 Å². The normalized spacial score (nSPS) is 12.5. The van der Waals surface area contributed by atoms with Crippen LogP contribution in [0.5, 0.6) is 11.5 Å². The van der Waals surface area contributed by atoms with Crippen LogP contribution in [0.3, 0.4) is 0 Å². The monoisotopic (exact) mass is 283 g/mol. The second-order valence-corrected chi connectivity index (χ2v) is 5.40. The van der Waals surface area contributed by atoms with Gasteiger partial charge in [0, 0.05) is 10.6 Å². The van der Waals surface area contributed by atoms with Gasteiger partial charge in [-0.1, -0.05) is 18.2 Å². The van der Waals surface area contributed by atoms with Gasteiger partial charge in [-0.05, 0) is 30.3 Å². The highest BCUT2D eigenvalue weighted by atomic mass is 32.2. The standard InChI is InChI=1S/C16H13NO2S/c1-2-9-20-11-7-8-14-12(10-11)16(18)17-13-5-3-4-6-15(13)19-14/h2-8,10H,1,9H2,(H,17,18). The van der Waals surface area contributed by atoms with Gasteiger partial charge in [0.25, 0.3) is 5.91 Å². The Morgan fingerprint density at radius 2 is 2.05 bits per heavy atom. The number of carbonyl (C=O) groups excluding carboxylic acids is 1. The molecule has 3 nitrogen and oxygen atoms in total. The maximum absolute atomic E-state index is 12.3. The average molecular weight is 283 g/mol. The molecule has 1 aliphatic heterocycles. The average Bonchev–Trinajstić information content (AvgIpc) is 2.61. The summed E-state index contributed by atoms with van der Waals surface area (Å²) >= 11 is 1.63. The summed E-state index contributed by atoms with van der Waals surface area (Å²) in [5, 5.41) is 2.87. The lowest BCUT2D eigenvalue weighted by Gasteiger charge is -2.08. The number of anilines is 1. The topological polar surface area (TPSA) is 38.3 Å². The lowest BCUT2D eigenvalue weighted by molar-refractivity contribution is 0.102. The Balaban J connectivity index is 2.00. The number of amides is 1. The Kier molecular flexibility index (Phi) is 3.48. The van der Waals surface area contributed by atoms with Crippen LogP contribution in [0.15, 0.2) is 60.0 Å². The molecule has 0 spiro atoms. The quantitative estimate of drug-likeness (QED) is 0.673. The predicted octanol–water partition coefficient (Wildman–Crippen LogP) is 4.32. The summed E-state index contributed by atoms with van der Waals surface area (Å²) in [7, 11) is 0. The summed E-state index contributed by atoms with van der Waals surface area (Å²) in [4.78, 5) is 13.3. The second kappa shape index (κ2) is 5.43. The number of hydrogen-bond acceptors (Lipinski definition) is 3. The van der Waals surface area contributed by atoms with Crippen molar-refractivity contribution in [3.63, 3.8) is 0 Å². The van der Waals surface area contributed by atoms with Crippen molar-refractivity contribution in [3.05, 3.63) is 60.7 Å². The molecular formula is C16H13NO2S. The predicted molar refractivity (Wildman–Crippen MR) is 81.8 cm³/mol. The molecule has 4 heteroatoms. The van der Waals surface area contributed by atoms with E-state index < -0.39 is 0 Å². The number of carbonyl (C=O) groups is 1. The lowest BCUT2D eigenvalue weighted by atomic mass is 10.2. The molecule has 0 fully saturated rings. The molecule has 0 bridgehead atoms. The number of fused-ring (bicyclic) bond motifs is 2. The molecule has 0 aliphatic carbocycles. The van der Waals surface area contributed by atoms with E-state index >= 15 is 0 Å². The first kappa shape index (κ1) is 12.8. The van der Waals surface area contributed by atoms with Crippen molar-refractivity contribution in [1.29, 1.82) is 0 Å². The summed E-state index contributed by atoms with van der Waals surface area (Å²) in [6, 6.07) is 13.0. The van der Waals surface area contributed by atoms with E-state index in [1.165, 1.54) is 0 Å². The van der Waals surface area contributed by atoms with E-state index in [1.807, 2.05) is 48.5 Å². The summed E-state index contributed by atoms with van der Waals surface area (Å²) < 4.78 is 5.82. The third kappa shape index (κ3) is 2.42. The molecular weight excluding hydrogens is 270 g/mol. The van der Waals surface area contributed by atoms with E-state index in [4.69, 9.17) is 4.74 Å². The summed E-state index contributed by atoms with van der Waals surface area (Å²) in [6.45, 7) is 3.70. The van der Waals surface area contributed by atoms with Crippen LogP contribution >= 0.6 is 11.8 Å². The highest BCUT2D eigenvalue weighted by Crippen LogP contribution is 2.36. The van der Waals surface area contributed by atoms with Gasteiger partial charge in [0.2, 0.25) is 0 Å². The first-order valence-electron chi connectivity index (χ1n) is 6.24. The zero-order valence-corrected chi connectivity index (χ0v) is 11.6. The van der Waals surface area contributed by atoms with E-state index in [0.717, 1.165) is 10.6 Å². The SMILES string of the molecule is C=CCSc1ccc2c(c1)C(=O)Nc1ccccc1O2. The summed E-state index contributed by atoms with van der Waals surface area (Å²) in [5.74, 6) is 1.90. The molecule has 0 saturated heterocycles. The van der Waals surface area contributed by atoms with Gasteiger partial charge in [0.05, 0.1) is 11.3 Å². The van der Waals surface area contributed by atoms with E-state index in [-0.39, 0.29) is 5.91 Å². The number of rotatable bonds is 3. The lowest BCUT2D eigenvalue weighted by Crippen LogP contribution is -2.10. The van der Waals surface area contributed by atoms with Crippen LogP contribution in [0.2, 0.25) is 0 Å². The van der Waals surface area contributed by atoms with Gasteiger partial charge in [-0.2, -0.15) is 0 Å². The molecule has 0 radical (unpaired) electrons. The molecule has 0 unspecified atom stereocenters. The molecule has 2 aromatic rings. The van der Waals surface area contributed by atoms with Gasteiger partial charge in [0.15, 0.2) is 5.75 Å². The third-order valence-electron chi connectivity index (χ3n) is 2.92. The van der Waals surface area contributed by atoms with Crippen LogP contribution in [0, 0.1) is 0 Å². The van der Waals surface area contributed by atoms with Crippen LogP contribution in [-0.2, 0) is 0 Å². The largest absolute Gasteiger partial charge is 0.454 e. The molecule has 1 heterocycles. The minimum absolute atomic E-state index is 0.147. The van der Waals surface area contributed by atoms with Crippen LogP contribution < -0.4 is 10.1 Å². The van der Waals surface area contributed by atoms with Gasteiger partial charge in [0.1, 0.15) is 5.75 Å². The maximum atomic E-state index is 12.3. The fourth-order valence-corrected chi connectivity index (χ4v) is 2.66. The molecule has 0 saturated carbocycles. The zero-order chi connectivity index (χ0) is 13.9. The molecule has 20 heavy (non-hydrogen) atoms. The van der Waals surface area contributed by atoms with Crippen molar-refractivity contribution in [3.8, 4) is 11.5 Å². The molecule has 1 amide bonds. The number of hydrogen-bond donors (Lipinski definition) is 1. The molecule has 0 aromatic heterocycles. The number of thioether (sulfide) groups is 1. The molecule has 100 valence electrons. The smallest absolute Gasteiger partial charge is 0.259 e. The highest BCUT2D eigenvalue weighted by molar-refractivity contribution is 7.99. The fourth-order valence-electron chi connectivity index (χ4n) is 1.99. The van der Waals surface area contributed by atoms with Crippen LogP contribution in [0.4, 0.5) is 5.69 Å². The van der Waals surface area contributed by atoms with Crippen molar-refractivity contribution >= 4 is 23.4 Å². The second-order valence-electron chi connectivity index (χ2n) is 4.31. The zero-order valence-electron chi connectivity index (χ0n) is 10.8. The van der Waals surface area contributed by atoms with Gasteiger partial charge in [-0.3, -0.25) is 4.79 Å². The third-order valence-corrected chi connectivity index (χ3v) is 3.91. The molecule has 2 aromatic carbocycles. The molecule has 1 N–H and O–H groups in total. The van der Waals surface area contributed by atoms with Crippen LogP contribution in [-0.4, -0.2) is 11.7 Å². The number of ether oxygens (including phenoxy) is 1. The summed E-state index contributed by atoms with van der Waals surface area (Å²) in [5.41, 5.74) is 1.24. The number of nitrogens with one attached hydrogen (secondary N) is 1. The van der Waals surface area contributed by atoms with Crippen molar-refractivity contribution in [2.75, 3.05) is 11.1 Å². The van der Waals surface area contributed by atoms with E-state index in [0.29, 0.717) is 22.7 Å². The summed E-state index contributed by atoms with van der Waals surface area (Å²) in [6.07, 6.45) is 1.84. The van der Waals surface area contributed by atoms with E-state index in [2.05, 4.69) is 11.9 Å². The highest BCUT2D eigenvalue weighted by Gasteiger charge is 2.20. The number of para-hydroxylation sites is 2. The van der Waals surface area contributed by atoms with Gasteiger partial charge in [-0.25, -0.2) is 0 Å². The fraction of sp³-hybridized carbons (Fsp3) is 0.0625. The van der Waals surface area contributed by atoms with Gasteiger partial charge >= 0.3 is 0 Å². The van der Waals surface area contributed by atoms with E-state index in [1.54, 1.807) is 11.8 Å². The van der Waals surface area contributed by atoms with Crippen molar-refractivity contribution in [2.24, 2.45) is 0 Å². The Morgan fingerprint density at radius 1 is 1.20 bits per heavy atom. The molecule has 0 atom stereocenters. The van der Waals surface area contributed by atoms with E-state index in [9.17, 15) is 4.79 Å². The Morgan fingerprint density at radius 3 is 2.90 bits per heavy atom. The minimum Gasteiger partial charge on any atom is -0.454 e. The molecule has 1 aliphatic rings. The first-order valence-corrected chi connectivity index (χ1v) is 7.22. The first-order chi connectivity index (χ1) is 9.78.